The van der Waals surface area contributed by atoms with Crippen LogP contribution in [0.5, 0.6) is 0 Å². The van der Waals surface area contributed by atoms with E-state index >= 15 is 0 Å². The predicted molar refractivity (Wildman–Crippen MR) is 79.7 cm³/mol. The molecule has 0 aromatic carbocycles. The van der Waals surface area contributed by atoms with Crippen molar-refractivity contribution < 1.29 is 9.59 Å². The number of nitrogens with two attached hydrogens (primary N) is 1. The molecule has 0 radical (unpaired) electrons. The lowest BCUT2D eigenvalue weighted by Crippen LogP contribution is -2.51. The third-order valence-corrected chi connectivity index (χ3v) is 3.44. The molecule has 0 bridgehead atoms. The highest BCUT2D eigenvalue weighted by atomic mass is 16.2. The minimum absolute atomic E-state index is 0.0197. The Kier molecular flexibility index (Phi) is 5.10. The van der Waals surface area contributed by atoms with E-state index in [0.717, 1.165) is 0 Å². The van der Waals surface area contributed by atoms with Crippen LogP contribution in [0.4, 0.5) is 5.69 Å². The van der Waals surface area contributed by atoms with E-state index in [1.54, 1.807) is 23.2 Å². The molecular weight excluding hydrogens is 270 g/mol. The highest BCUT2D eigenvalue weighted by molar-refractivity contribution is 5.97. The van der Waals surface area contributed by atoms with Gasteiger partial charge in [-0.25, -0.2) is 4.98 Å². The summed E-state index contributed by atoms with van der Waals surface area (Å²) in [6.07, 6.45) is 1.56. The summed E-state index contributed by atoms with van der Waals surface area (Å²) in [7, 11) is 0. The van der Waals surface area contributed by atoms with Crippen LogP contribution >= 0.6 is 0 Å². The SMILES string of the molecule is CCNC(=O)CN1CCN(C(=O)c2ncccc2N)CC1. The molecule has 0 atom stereocenters. The van der Waals surface area contributed by atoms with Crippen LogP contribution < -0.4 is 11.1 Å². The van der Waals surface area contributed by atoms with Crippen molar-refractivity contribution in [1.29, 1.82) is 0 Å². The number of aromatic nitrogens is 1. The average Bonchev–Trinajstić information content (AvgIpc) is 2.48. The number of anilines is 1. The van der Waals surface area contributed by atoms with Gasteiger partial charge < -0.3 is 16.0 Å². The summed E-state index contributed by atoms with van der Waals surface area (Å²) in [5.41, 5.74) is 6.48. The number of rotatable bonds is 4. The lowest BCUT2D eigenvalue weighted by atomic mass is 10.2. The highest BCUT2D eigenvalue weighted by Crippen LogP contribution is 2.12. The van der Waals surface area contributed by atoms with Crippen molar-refractivity contribution in [2.45, 2.75) is 6.92 Å². The van der Waals surface area contributed by atoms with Crippen molar-refractivity contribution in [2.24, 2.45) is 0 Å². The smallest absolute Gasteiger partial charge is 0.274 e. The fraction of sp³-hybridized carbons (Fsp3) is 0.500. The Morgan fingerprint density at radius 1 is 1.33 bits per heavy atom. The van der Waals surface area contributed by atoms with Gasteiger partial charge in [-0.2, -0.15) is 0 Å². The predicted octanol–water partition coefficient (Wildman–Crippen LogP) is -0.442. The number of nitrogen functional groups attached to an aromatic ring is 1. The van der Waals surface area contributed by atoms with Crippen molar-refractivity contribution in [2.75, 3.05) is 45.0 Å². The Balaban J connectivity index is 1.88. The molecule has 1 aromatic heterocycles. The van der Waals surface area contributed by atoms with Gasteiger partial charge in [0, 0.05) is 38.9 Å². The van der Waals surface area contributed by atoms with E-state index in [-0.39, 0.29) is 11.8 Å². The molecule has 2 heterocycles. The lowest BCUT2D eigenvalue weighted by Gasteiger charge is -2.34. The quantitative estimate of drug-likeness (QED) is 0.784. The number of piperazine rings is 1. The number of likely N-dealkylation sites (N-methyl/N-ethyl adjacent to an activating group) is 1. The Bertz CT molecular complexity index is 512. The molecule has 1 aromatic rings. The minimum atomic E-state index is -0.147. The fourth-order valence-corrected chi connectivity index (χ4v) is 2.31. The number of carbonyl (C=O) groups excluding carboxylic acids is 2. The largest absolute Gasteiger partial charge is 0.397 e. The van der Waals surface area contributed by atoms with Crippen LogP contribution in [0.1, 0.15) is 17.4 Å². The summed E-state index contributed by atoms with van der Waals surface area (Å²) in [6.45, 7) is 5.41. The van der Waals surface area contributed by atoms with E-state index in [1.165, 1.54) is 0 Å². The van der Waals surface area contributed by atoms with E-state index in [0.29, 0.717) is 50.6 Å². The second-order valence-corrected chi connectivity index (χ2v) is 4.96. The number of pyridine rings is 1. The normalized spacial score (nSPS) is 15.8. The van der Waals surface area contributed by atoms with E-state index < -0.39 is 0 Å². The van der Waals surface area contributed by atoms with E-state index in [1.807, 2.05) is 11.8 Å². The fourth-order valence-electron chi connectivity index (χ4n) is 2.31. The average molecular weight is 291 g/mol. The second kappa shape index (κ2) is 7.03. The maximum absolute atomic E-state index is 12.3. The summed E-state index contributed by atoms with van der Waals surface area (Å²) < 4.78 is 0. The van der Waals surface area contributed by atoms with Gasteiger partial charge in [0.15, 0.2) is 5.69 Å². The lowest BCUT2D eigenvalue weighted by molar-refractivity contribution is -0.122. The van der Waals surface area contributed by atoms with Crippen molar-refractivity contribution in [3.63, 3.8) is 0 Å². The van der Waals surface area contributed by atoms with Crippen LogP contribution in [0.3, 0.4) is 0 Å². The van der Waals surface area contributed by atoms with Gasteiger partial charge in [0.2, 0.25) is 5.91 Å². The van der Waals surface area contributed by atoms with Gasteiger partial charge >= 0.3 is 0 Å². The molecule has 0 spiro atoms. The molecule has 7 nitrogen and oxygen atoms in total. The van der Waals surface area contributed by atoms with Crippen LogP contribution in [0, 0.1) is 0 Å². The molecule has 2 amide bonds. The number of hydrogen-bond donors (Lipinski definition) is 2. The molecule has 3 N–H and O–H groups in total. The first-order valence-corrected chi connectivity index (χ1v) is 7.10. The van der Waals surface area contributed by atoms with Crippen molar-refractivity contribution in [3.05, 3.63) is 24.0 Å². The number of amides is 2. The Morgan fingerprint density at radius 3 is 2.67 bits per heavy atom. The molecule has 7 heteroatoms. The molecule has 1 saturated heterocycles. The maximum Gasteiger partial charge on any atom is 0.274 e. The first kappa shape index (κ1) is 15.2. The summed E-state index contributed by atoms with van der Waals surface area (Å²) in [5, 5.41) is 2.77. The molecule has 1 fully saturated rings. The molecule has 0 saturated carbocycles. The standard InChI is InChI=1S/C14H21N5O2/c1-2-16-12(20)10-18-6-8-19(9-7-18)14(21)13-11(15)4-3-5-17-13/h3-5H,2,6-10,15H2,1H3,(H,16,20). The molecule has 0 aliphatic carbocycles. The zero-order valence-corrected chi connectivity index (χ0v) is 12.2. The van der Waals surface area contributed by atoms with Gasteiger partial charge in [0.1, 0.15) is 0 Å². The molecule has 114 valence electrons. The third-order valence-electron chi connectivity index (χ3n) is 3.44. The number of nitrogens with one attached hydrogen (secondary N) is 1. The van der Waals surface area contributed by atoms with Gasteiger partial charge in [-0.05, 0) is 19.1 Å². The van der Waals surface area contributed by atoms with Crippen LogP contribution in [-0.4, -0.2) is 65.9 Å². The minimum Gasteiger partial charge on any atom is -0.397 e. The van der Waals surface area contributed by atoms with Gasteiger partial charge in [-0.15, -0.1) is 0 Å². The Morgan fingerprint density at radius 2 is 2.05 bits per heavy atom. The molecule has 0 unspecified atom stereocenters. The van der Waals surface area contributed by atoms with Crippen LogP contribution in [-0.2, 0) is 4.79 Å². The molecule has 2 rings (SSSR count). The van der Waals surface area contributed by atoms with E-state index in [4.69, 9.17) is 5.73 Å². The summed E-state index contributed by atoms with van der Waals surface area (Å²) >= 11 is 0. The first-order chi connectivity index (χ1) is 10.1. The summed E-state index contributed by atoms with van der Waals surface area (Å²) in [5.74, 6) is -0.128. The number of nitrogens with zero attached hydrogens (tertiary/aromatic N) is 3. The third kappa shape index (κ3) is 3.91. The van der Waals surface area contributed by atoms with Crippen molar-refractivity contribution in [3.8, 4) is 0 Å². The Hall–Kier alpha value is -2.15. The summed E-state index contributed by atoms with van der Waals surface area (Å²) in [4.78, 5) is 31.7. The van der Waals surface area contributed by atoms with Crippen LogP contribution in [0.2, 0.25) is 0 Å². The maximum atomic E-state index is 12.3. The van der Waals surface area contributed by atoms with E-state index in [9.17, 15) is 9.59 Å². The zero-order chi connectivity index (χ0) is 15.2. The van der Waals surface area contributed by atoms with Gasteiger partial charge in [-0.3, -0.25) is 14.5 Å². The highest BCUT2D eigenvalue weighted by Gasteiger charge is 2.24. The molecular formula is C14H21N5O2. The van der Waals surface area contributed by atoms with Crippen molar-refractivity contribution >= 4 is 17.5 Å². The Labute approximate surface area is 124 Å². The van der Waals surface area contributed by atoms with Gasteiger partial charge in [0.25, 0.3) is 5.91 Å². The topological polar surface area (TPSA) is 91.6 Å². The monoisotopic (exact) mass is 291 g/mol. The summed E-state index contributed by atoms with van der Waals surface area (Å²) in [6, 6.07) is 3.38. The molecule has 21 heavy (non-hydrogen) atoms. The van der Waals surface area contributed by atoms with Crippen LogP contribution in [0.15, 0.2) is 18.3 Å². The molecule has 1 aliphatic rings. The number of carbonyl (C=O) groups is 2. The molecule has 1 aliphatic heterocycles. The van der Waals surface area contributed by atoms with Crippen molar-refractivity contribution in [1.82, 2.24) is 20.1 Å². The number of hydrogen-bond acceptors (Lipinski definition) is 5. The van der Waals surface area contributed by atoms with E-state index in [2.05, 4.69) is 10.3 Å². The first-order valence-electron chi connectivity index (χ1n) is 7.10. The van der Waals surface area contributed by atoms with Gasteiger partial charge in [0.05, 0.1) is 12.2 Å². The second-order valence-electron chi connectivity index (χ2n) is 4.96. The van der Waals surface area contributed by atoms with Crippen LogP contribution in [0.25, 0.3) is 0 Å². The zero-order valence-electron chi connectivity index (χ0n) is 12.2. The van der Waals surface area contributed by atoms with Gasteiger partial charge in [-0.1, -0.05) is 0 Å².